The number of fused-ring (bicyclic) bond motifs is 1. The minimum Gasteiger partial charge on any atom is -0.298 e. The minimum atomic E-state index is -0.505. The number of rotatable bonds is 2. The zero-order valence-corrected chi connectivity index (χ0v) is 11.3. The monoisotopic (exact) mass is 266 g/mol. The van der Waals surface area contributed by atoms with E-state index in [4.69, 9.17) is 0 Å². The Morgan fingerprint density at radius 3 is 2.89 bits per heavy atom. The van der Waals surface area contributed by atoms with Gasteiger partial charge in [0.05, 0.1) is 0 Å². The largest absolute Gasteiger partial charge is 0.298 e. The third-order valence-corrected chi connectivity index (χ3v) is 4.45. The lowest BCUT2D eigenvalue weighted by Crippen LogP contribution is -2.54. The highest BCUT2D eigenvalue weighted by molar-refractivity contribution is 5.18. The molecule has 4 heteroatoms. The van der Waals surface area contributed by atoms with E-state index in [1.807, 2.05) is 0 Å². The third kappa shape index (κ3) is 2.65. The van der Waals surface area contributed by atoms with E-state index in [0.29, 0.717) is 24.2 Å². The van der Waals surface area contributed by atoms with Crippen molar-refractivity contribution < 1.29 is 8.78 Å². The third-order valence-electron chi connectivity index (χ3n) is 4.45. The lowest BCUT2D eigenvalue weighted by molar-refractivity contribution is 0.0533. The number of nitrogens with zero attached hydrogens (tertiary/aromatic N) is 2. The molecule has 2 atom stereocenters. The molecular weight excluding hydrogens is 246 g/mol. The summed E-state index contributed by atoms with van der Waals surface area (Å²) in [6, 6.07) is 4.94. The Balaban J connectivity index is 1.71. The van der Waals surface area contributed by atoms with Crippen LogP contribution in [0.1, 0.15) is 25.3 Å². The number of benzene rings is 1. The Hall–Kier alpha value is -1.00. The predicted molar refractivity (Wildman–Crippen MR) is 70.8 cm³/mol. The Bertz CT molecular complexity index is 463. The number of hydrogen-bond acceptors (Lipinski definition) is 2. The summed E-state index contributed by atoms with van der Waals surface area (Å²) in [6.07, 6.45) is 2.52. The quantitative estimate of drug-likeness (QED) is 0.812. The van der Waals surface area contributed by atoms with Crippen molar-refractivity contribution in [3.63, 3.8) is 0 Å². The molecule has 1 aromatic carbocycles. The smallest absolute Gasteiger partial charge is 0.130 e. The number of halogens is 2. The zero-order valence-electron chi connectivity index (χ0n) is 11.3. The molecule has 2 aliphatic rings. The Kier molecular flexibility index (Phi) is 3.54. The van der Waals surface area contributed by atoms with Gasteiger partial charge in [0.2, 0.25) is 0 Å². The Morgan fingerprint density at radius 1 is 1.26 bits per heavy atom. The van der Waals surface area contributed by atoms with E-state index < -0.39 is 11.6 Å². The van der Waals surface area contributed by atoms with Gasteiger partial charge < -0.3 is 0 Å². The highest BCUT2D eigenvalue weighted by atomic mass is 19.1. The molecule has 1 aromatic rings. The van der Waals surface area contributed by atoms with Crippen molar-refractivity contribution >= 4 is 0 Å². The fourth-order valence-corrected chi connectivity index (χ4v) is 3.34. The van der Waals surface area contributed by atoms with Gasteiger partial charge in [0, 0.05) is 43.3 Å². The number of hydrogen-bond donors (Lipinski definition) is 0. The molecule has 0 radical (unpaired) electrons. The first-order valence-corrected chi connectivity index (χ1v) is 7.05. The van der Waals surface area contributed by atoms with Crippen molar-refractivity contribution in [2.75, 3.05) is 19.6 Å². The molecule has 0 N–H and O–H groups in total. The van der Waals surface area contributed by atoms with Gasteiger partial charge in [0.1, 0.15) is 11.6 Å². The van der Waals surface area contributed by atoms with E-state index in [1.54, 1.807) is 6.07 Å². The molecular formula is C15H20F2N2. The molecule has 0 unspecified atom stereocenters. The summed E-state index contributed by atoms with van der Waals surface area (Å²) >= 11 is 0. The van der Waals surface area contributed by atoms with Gasteiger partial charge in [-0.15, -0.1) is 0 Å². The van der Waals surface area contributed by atoms with E-state index in [0.717, 1.165) is 19.2 Å². The van der Waals surface area contributed by atoms with Crippen LogP contribution in [0, 0.1) is 11.6 Å². The van der Waals surface area contributed by atoms with Gasteiger partial charge in [-0.1, -0.05) is 6.07 Å². The predicted octanol–water partition coefficient (Wildman–Crippen LogP) is 2.63. The van der Waals surface area contributed by atoms with E-state index >= 15 is 0 Å². The van der Waals surface area contributed by atoms with Crippen LogP contribution in [0.2, 0.25) is 0 Å². The van der Waals surface area contributed by atoms with Crippen LogP contribution < -0.4 is 0 Å². The summed E-state index contributed by atoms with van der Waals surface area (Å²) in [5.74, 6) is -0.934. The molecule has 104 valence electrons. The SMILES string of the molecule is C[C@@H]1CN2CCC[C@H]2CN1Cc1ccc(F)cc1F. The molecule has 0 bridgehead atoms. The zero-order chi connectivity index (χ0) is 13.4. The van der Waals surface area contributed by atoms with Crippen LogP contribution in [0.4, 0.5) is 8.78 Å². The molecule has 2 saturated heterocycles. The molecule has 3 rings (SSSR count). The van der Waals surface area contributed by atoms with Gasteiger partial charge in [0.25, 0.3) is 0 Å². The van der Waals surface area contributed by atoms with Gasteiger partial charge in [0.15, 0.2) is 0 Å². The lowest BCUT2D eigenvalue weighted by Gasteiger charge is -2.42. The van der Waals surface area contributed by atoms with Crippen LogP contribution in [0.25, 0.3) is 0 Å². The molecule has 2 nitrogen and oxygen atoms in total. The van der Waals surface area contributed by atoms with Crippen LogP contribution in [0.3, 0.4) is 0 Å². The first-order chi connectivity index (χ1) is 9.13. The van der Waals surface area contributed by atoms with E-state index in [9.17, 15) is 8.78 Å². The van der Waals surface area contributed by atoms with Crippen LogP contribution in [0.5, 0.6) is 0 Å². The standard InChI is InChI=1S/C15H20F2N2/c1-11-8-18-6-2-3-14(18)10-19(11)9-12-4-5-13(16)7-15(12)17/h4-5,7,11,14H,2-3,6,8-10H2,1H3/t11-,14+/m1/s1. The maximum atomic E-state index is 13.7. The van der Waals surface area contributed by atoms with Gasteiger partial charge in [-0.05, 0) is 32.4 Å². The lowest BCUT2D eigenvalue weighted by atomic mass is 10.1. The second kappa shape index (κ2) is 5.17. The molecule has 2 fully saturated rings. The first-order valence-electron chi connectivity index (χ1n) is 7.05. The van der Waals surface area contributed by atoms with Crippen LogP contribution in [-0.2, 0) is 6.54 Å². The van der Waals surface area contributed by atoms with Crippen molar-refractivity contribution in [3.8, 4) is 0 Å². The molecule has 2 aliphatic heterocycles. The second-order valence-electron chi connectivity index (χ2n) is 5.81. The van der Waals surface area contributed by atoms with Crippen LogP contribution in [-0.4, -0.2) is 41.5 Å². The van der Waals surface area contributed by atoms with Gasteiger partial charge >= 0.3 is 0 Å². The normalized spacial score (nSPS) is 28.6. The summed E-state index contributed by atoms with van der Waals surface area (Å²) in [4.78, 5) is 4.87. The molecule has 0 spiro atoms. The molecule has 19 heavy (non-hydrogen) atoms. The van der Waals surface area contributed by atoms with Gasteiger partial charge in [-0.25, -0.2) is 8.78 Å². The van der Waals surface area contributed by atoms with Crippen molar-refractivity contribution in [3.05, 3.63) is 35.4 Å². The molecule has 0 aliphatic carbocycles. The minimum absolute atomic E-state index is 0.429. The topological polar surface area (TPSA) is 6.48 Å². The summed E-state index contributed by atoms with van der Waals surface area (Å²) in [7, 11) is 0. The van der Waals surface area contributed by atoms with Crippen molar-refractivity contribution in [2.45, 2.75) is 38.4 Å². The highest BCUT2D eigenvalue weighted by Gasteiger charge is 2.34. The van der Waals surface area contributed by atoms with E-state index in [-0.39, 0.29) is 0 Å². The highest BCUT2D eigenvalue weighted by Crippen LogP contribution is 2.26. The molecule has 0 saturated carbocycles. The summed E-state index contributed by atoms with van der Waals surface area (Å²) in [5.41, 5.74) is 0.597. The van der Waals surface area contributed by atoms with Crippen molar-refractivity contribution in [1.29, 1.82) is 0 Å². The van der Waals surface area contributed by atoms with E-state index in [2.05, 4.69) is 16.7 Å². The van der Waals surface area contributed by atoms with Gasteiger partial charge in [-0.3, -0.25) is 9.80 Å². The average molecular weight is 266 g/mol. The van der Waals surface area contributed by atoms with Crippen molar-refractivity contribution in [1.82, 2.24) is 9.80 Å². The summed E-state index contributed by atoms with van der Waals surface area (Å²) in [6.45, 7) is 6.03. The average Bonchev–Trinajstić information content (AvgIpc) is 2.80. The second-order valence-corrected chi connectivity index (χ2v) is 5.81. The van der Waals surface area contributed by atoms with Crippen molar-refractivity contribution in [2.24, 2.45) is 0 Å². The summed E-state index contributed by atoms with van der Waals surface area (Å²) < 4.78 is 26.6. The Morgan fingerprint density at radius 2 is 2.11 bits per heavy atom. The maximum Gasteiger partial charge on any atom is 0.130 e. The van der Waals surface area contributed by atoms with Crippen LogP contribution >= 0.6 is 0 Å². The fourth-order valence-electron chi connectivity index (χ4n) is 3.34. The maximum absolute atomic E-state index is 13.7. The Labute approximate surface area is 113 Å². The van der Waals surface area contributed by atoms with Gasteiger partial charge in [-0.2, -0.15) is 0 Å². The molecule has 0 aromatic heterocycles. The molecule has 2 heterocycles. The number of piperazine rings is 1. The first kappa shape index (κ1) is 13.0. The van der Waals surface area contributed by atoms with Crippen LogP contribution in [0.15, 0.2) is 18.2 Å². The summed E-state index contributed by atoms with van der Waals surface area (Å²) in [5, 5.41) is 0. The molecule has 0 amide bonds. The van der Waals surface area contributed by atoms with E-state index in [1.165, 1.54) is 25.5 Å². The fraction of sp³-hybridized carbons (Fsp3) is 0.600.